The molecule has 24 heavy (non-hydrogen) atoms. The van der Waals surface area contributed by atoms with E-state index in [2.05, 4.69) is 5.32 Å². The maximum Gasteiger partial charge on any atom is 0.251 e. The van der Waals surface area contributed by atoms with Crippen molar-refractivity contribution < 1.29 is 14.4 Å². The second kappa shape index (κ2) is 9.05. The molecule has 0 aromatic heterocycles. The molecule has 0 saturated carbocycles. The number of carbonyl (C=O) groups is 3. The lowest BCUT2D eigenvalue weighted by molar-refractivity contribution is -0.132. The van der Waals surface area contributed by atoms with E-state index < -0.39 is 0 Å². The Bertz CT molecular complexity index is 574. The molecule has 2 rings (SSSR count). The van der Waals surface area contributed by atoms with Crippen LogP contribution in [0.15, 0.2) is 30.3 Å². The van der Waals surface area contributed by atoms with Gasteiger partial charge in [-0.3, -0.25) is 14.4 Å². The first-order valence-corrected chi connectivity index (χ1v) is 8.44. The van der Waals surface area contributed by atoms with Crippen molar-refractivity contribution in [2.75, 3.05) is 32.7 Å². The molecule has 6 nitrogen and oxygen atoms in total. The molecule has 1 heterocycles. The largest absolute Gasteiger partial charge is 0.352 e. The minimum atomic E-state index is -0.116. The third-order valence-corrected chi connectivity index (χ3v) is 4.18. The summed E-state index contributed by atoms with van der Waals surface area (Å²) in [6.07, 6.45) is 1.84. The van der Waals surface area contributed by atoms with Crippen LogP contribution in [0.2, 0.25) is 0 Å². The van der Waals surface area contributed by atoms with Crippen LogP contribution in [0.1, 0.15) is 36.5 Å². The zero-order chi connectivity index (χ0) is 17.4. The SMILES string of the molecule is CC(=O)N1CCCN(C(=O)CCCNC(=O)c2ccccc2)CC1. The smallest absolute Gasteiger partial charge is 0.251 e. The molecule has 1 N–H and O–H groups in total. The predicted octanol–water partition coefficient (Wildman–Crippen LogP) is 1.28. The Kier molecular flexibility index (Phi) is 6.78. The van der Waals surface area contributed by atoms with Crippen molar-refractivity contribution in [3.8, 4) is 0 Å². The molecule has 1 aliphatic rings. The number of nitrogens with one attached hydrogen (secondary N) is 1. The first-order chi connectivity index (χ1) is 11.6. The fourth-order valence-electron chi connectivity index (χ4n) is 2.77. The fraction of sp³-hybridized carbons (Fsp3) is 0.500. The molecule has 3 amide bonds. The highest BCUT2D eigenvalue weighted by molar-refractivity contribution is 5.94. The average molecular weight is 331 g/mol. The number of hydrogen-bond donors (Lipinski definition) is 1. The molecule has 1 aliphatic heterocycles. The summed E-state index contributed by atoms with van der Waals surface area (Å²) in [5.41, 5.74) is 0.626. The molecule has 1 saturated heterocycles. The summed E-state index contributed by atoms with van der Waals surface area (Å²) in [5, 5.41) is 2.83. The van der Waals surface area contributed by atoms with Crippen molar-refractivity contribution in [3.63, 3.8) is 0 Å². The first kappa shape index (κ1) is 18.0. The van der Waals surface area contributed by atoms with E-state index in [1.165, 1.54) is 0 Å². The highest BCUT2D eigenvalue weighted by Gasteiger charge is 2.19. The van der Waals surface area contributed by atoms with Gasteiger partial charge >= 0.3 is 0 Å². The van der Waals surface area contributed by atoms with Crippen LogP contribution in [0.25, 0.3) is 0 Å². The van der Waals surface area contributed by atoms with Gasteiger partial charge in [0.1, 0.15) is 0 Å². The van der Waals surface area contributed by atoms with E-state index in [1.54, 1.807) is 24.0 Å². The Hall–Kier alpha value is -2.37. The van der Waals surface area contributed by atoms with Crippen molar-refractivity contribution in [2.45, 2.75) is 26.2 Å². The summed E-state index contributed by atoms with van der Waals surface area (Å²) in [7, 11) is 0. The Labute approximate surface area is 142 Å². The average Bonchev–Trinajstić information content (AvgIpc) is 2.85. The van der Waals surface area contributed by atoms with Gasteiger partial charge in [-0.05, 0) is 25.0 Å². The van der Waals surface area contributed by atoms with Gasteiger partial charge in [-0.25, -0.2) is 0 Å². The summed E-state index contributed by atoms with van der Waals surface area (Å²) >= 11 is 0. The lowest BCUT2D eigenvalue weighted by Gasteiger charge is -2.21. The zero-order valence-corrected chi connectivity index (χ0v) is 14.2. The second-order valence-electron chi connectivity index (χ2n) is 5.97. The number of rotatable bonds is 5. The number of carbonyl (C=O) groups excluding carboxylic acids is 3. The lowest BCUT2D eigenvalue weighted by Crippen LogP contribution is -2.36. The van der Waals surface area contributed by atoms with Gasteiger partial charge in [0.2, 0.25) is 11.8 Å². The van der Waals surface area contributed by atoms with E-state index in [0.717, 1.165) is 6.42 Å². The van der Waals surface area contributed by atoms with Gasteiger partial charge in [-0.15, -0.1) is 0 Å². The standard InChI is InChI=1S/C18H25N3O3/c1-15(22)20-11-6-12-21(14-13-20)17(23)9-5-10-19-18(24)16-7-3-2-4-8-16/h2-4,7-8H,5-6,9-14H2,1H3,(H,19,24). The molecule has 0 radical (unpaired) electrons. The Morgan fingerprint density at radius 1 is 1.00 bits per heavy atom. The molecule has 0 aliphatic carbocycles. The quantitative estimate of drug-likeness (QED) is 0.826. The molecule has 1 aromatic carbocycles. The number of hydrogen-bond acceptors (Lipinski definition) is 3. The third-order valence-electron chi connectivity index (χ3n) is 4.18. The molecule has 130 valence electrons. The maximum atomic E-state index is 12.3. The van der Waals surface area contributed by atoms with Gasteiger partial charge in [0.05, 0.1) is 0 Å². The van der Waals surface area contributed by atoms with Crippen molar-refractivity contribution in [1.82, 2.24) is 15.1 Å². The van der Waals surface area contributed by atoms with Crippen LogP contribution in [-0.2, 0) is 9.59 Å². The Balaban J connectivity index is 1.68. The number of amides is 3. The van der Waals surface area contributed by atoms with Crippen LogP contribution < -0.4 is 5.32 Å². The summed E-state index contributed by atoms with van der Waals surface area (Å²) < 4.78 is 0. The van der Waals surface area contributed by atoms with Gasteiger partial charge in [0, 0.05) is 51.6 Å². The van der Waals surface area contributed by atoms with Crippen LogP contribution in [0.5, 0.6) is 0 Å². The molecule has 0 bridgehead atoms. The van der Waals surface area contributed by atoms with Gasteiger partial charge in [0.25, 0.3) is 5.91 Å². The minimum absolute atomic E-state index is 0.0629. The molecule has 6 heteroatoms. The summed E-state index contributed by atoms with van der Waals surface area (Å²) in [6.45, 7) is 4.64. The lowest BCUT2D eigenvalue weighted by atomic mass is 10.2. The third kappa shape index (κ3) is 5.37. The van der Waals surface area contributed by atoms with Gasteiger partial charge in [0.15, 0.2) is 0 Å². The predicted molar refractivity (Wildman–Crippen MR) is 91.5 cm³/mol. The number of benzene rings is 1. The zero-order valence-electron chi connectivity index (χ0n) is 14.2. The molecule has 0 spiro atoms. The molecular weight excluding hydrogens is 306 g/mol. The fourth-order valence-corrected chi connectivity index (χ4v) is 2.77. The summed E-state index contributed by atoms with van der Waals surface area (Å²) in [5.74, 6) is 0.0391. The Morgan fingerprint density at radius 3 is 2.38 bits per heavy atom. The van der Waals surface area contributed by atoms with Crippen LogP contribution >= 0.6 is 0 Å². The van der Waals surface area contributed by atoms with Crippen LogP contribution in [0.3, 0.4) is 0 Å². The molecule has 0 unspecified atom stereocenters. The van der Waals surface area contributed by atoms with Crippen molar-refractivity contribution in [2.24, 2.45) is 0 Å². The van der Waals surface area contributed by atoms with Gasteiger partial charge in [-0.2, -0.15) is 0 Å². The molecule has 1 fully saturated rings. The minimum Gasteiger partial charge on any atom is -0.352 e. The number of nitrogens with zero attached hydrogens (tertiary/aromatic N) is 2. The molecular formula is C18H25N3O3. The summed E-state index contributed by atoms with van der Waals surface area (Å²) in [4.78, 5) is 39.2. The second-order valence-corrected chi connectivity index (χ2v) is 5.97. The monoisotopic (exact) mass is 331 g/mol. The van der Waals surface area contributed by atoms with E-state index in [-0.39, 0.29) is 17.7 Å². The normalized spacial score (nSPS) is 14.9. The van der Waals surface area contributed by atoms with E-state index in [1.807, 2.05) is 23.1 Å². The Morgan fingerprint density at radius 2 is 1.67 bits per heavy atom. The van der Waals surface area contributed by atoms with E-state index in [9.17, 15) is 14.4 Å². The highest BCUT2D eigenvalue weighted by atomic mass is 16.2. The van der Waals surface area contributed by atoms with Crippen LogP contribution in [0, 0.1) is 0 Å². The molecule has 1 aromatic rings. The highest BCUT2D eigenvalue weighted by Crippen LogP contribution is 2.06. The molecule has 0 atom stereocenters. The summed E-state index contributed by atoms with van der Waals surface area (Å²) in [6, 6.07) is 9.03. The van der Waals surface area contributed by atoms with Crippen LogP contribution in [-0.4, -0.2) is 60.2 Å². The first-order valence-electron chi connectivity index (χ1n) is 8.44. The van der Waals surface area contributed by atoms with Crippen molar-refractivity contribution in [3.05, 3.63) is 35.9 Å². The van der Waals surface area contributed by atoms with Crippen molar-refractivity contribution in [1.29, 1.82) is 0 Å². The van der Waals surface area contributed by atoms with Crippen molar-refractivity contribution >= 4 is 17.7 Å². The van der Waals surface area contributed by atoms with Gasteiger partial charge < -0.3 is 15.1 Å². The maximum absolute atomic E-state index is 12.3. The van der Waals surface area contributed by atoms with E-state index in [0.29, 0.717) is 51.1 Å². The van der Waals surface area contributed by atoms with Crippen LogP contribution in [0.4, 0.5) is 0 Å². The van der Waals surface area contributed by atoms with Gasteiger partial charge in [-0.1, -0.05) is 18.2 Å². The van der Waals surface area contributed by atoms with E-state index in [4.69, 9.17) is 0 Å². The topological polar surface area (TPSA) is 69.7 Å². The van der Waals surface area contributed by atoms with E-state index >= 15 is 0 Å².